The van der Waals surface area contributed by atoms with Gasteiger partial charge in [0, 0.05) is 10.5 Å². The summed E-state index contributed by atoms with van der Waals surface area (Å²) in [6.07, 6.45) is 2.01. The highest BCUT2D eigenvalue weighted by atomic mass is 32.2. The van der Waals surface area contributed by atoms with Gasteiger partial charge in [-0.05, 0) is 30.0 Å². The van der Waals surface area contributed by atoms with Crippen molar-refractivity contribution in [3.8, 4) is 5.75 Å². The van der Waals surface area contributed by atoms with Crippen LogP contribution in [0.1, 0.15) is 17.2 Å². The monoisotopic (exact) mass is 292 g/mol. The molecule has 3 N–H and O–H groups in total. The average Bonchev–Trinajstić information content (AvgIpc) is 2.50. The molecule has 1 unspecified atom stereocenters. The van der Waals surface area contributed by atoms with Crippen LogP contribution in [0, 0.1) is 5.82 Å². The second-order valence-corrected chi connectivity index (χ2v) is 5.12. The highest BCUT2D eigenvalue weighted by molar-refractivity contribution is 7.98. The minimum atomic E-state index is -0.416. The highest BCUT2D eigenvalue weighted by Crippen LogP contribution is 2.29. The molecule has 0 saturated carbocycles. The predicted octanol–water partition coefficient (Wildman–Crippen LogP) is 3.11. The molecule has 20 heavy (non-hydrogen) atoms. The lowest BCUT2D eigenvalue weighted by Gasteiger charge is -2.19. The standard InChI is InChI=1S/C15H17FN2OS/c1-19-13-5-3-4-12(14(13)16)15(18-17)10-6-8-11(20-2)9-7-10/h3-9,15,18H,17H2,1-2H3. The minimum absolute atomic E-state index is 0.212. The Bertz CT molecular complexity index is 575. The van der Waals surface area contributed by atoms with Gasteiger partial charge in [-0.25, -0.2) is 9.82 Å². The number of nitrogens with two attached hydrogens (primary N) is 1. The van der Waals surface area contributed by atoms with Gasteiger partial charge in [0.05, 0.1) is 13.2 Å². The second kappa shape index (κ2) is 6.74. The van der Waals surface area contributed by atoms with Crippen molar-refractivity contribution in [1.82, 2.24) is 5.43 Å². The zero-order chi connectivity index (χ0) is 14.5. The number of halogens is 1. The molecule has 0 radical (unpaired) electrons. The van der Waals surface area contributed by atoms with Crippen LogP contribution < -0.4 is 16.0 Å². The number of hydrazine groups is 1. The summed E-state index contributed by atoms with van der Waals surface area (Å²) in [5, 5.41) is 0. The van der Waals surface area contributed by atoms with Gasteiger partial charge in [-0.15, -0.1) is 11.8 Å². The third-order valence-corrected chi connectivity index (χ3v) is 3.88. The molecular formula is C15H17FN2OS. The minimum Gasteiger partial charge on any atom is -0.494 e. The zero-order valence-corrected chi connectivity index (χ0v) is 12.2. The fourth-order valence-electron chi connectivity index (χ4n) is 2.07. The predicted molar refractivity (Wildman–Crippen MR) is 80.3 cm³/mol. The molecule has 5 heteroatoms. The lowest BCUT2D eigenvalue weighted by atomic mass is 9.98. The average molecular weight is 292 g/mol. The van der Waals surface area contributed by atoms with Crippen LogP contribution in [-0.4, -0.2) is 13.4 Å². The van der Waals surface area contributed by atoms with Gasteiger partial charge in [0.1, 0.15) is 0 Å². The van der Waals surface area contributed by atoms with E-state index in [-0.39, 0.29) is 5.75 Å². The molecule has 0 saturated heterocycles. The highest BCUT2D eigenvalue weighted by Gasteiger charge is 2.19. The first-order valence-electron chi connectivity index (χ1n) is 6.13. The van der Waals surface area contributed by atoms with Gasteiger partial charge >= 0.3 is 0 Å². The van der Waals surface area contributed by atoms with Gasteiger partial charge in [-0.1, -0.05) is 24.3 Å². The Balaban J connectivity index is 2.41. The number of thioether (sulfide) groups is 1. The number of nitrogens with one attached hydrogen (secondary N) is 1. The summed E-state index contributed by atoms with van der Waals surface area (Å²) in [5.74, 6) is 5.42. The van der Waals surface area contributed by atoms with Gasteiger partial charge in [-0.2, -0.15) is 0 Å². The van der Waals surface area contributed by atoms with Crippen LogP contribution in [0.5, 0.6) is 5.75 Å². The SMILES string of the molecule is COc1cccc(C(NN)c2ccc(SC)cc2)c1F. The van der Waals surface area contributed by atoms with E-state index in [2.05, 4.69) is 5.43 Å². The Morgan fingerprint density at radius 1 is 1.20 bits per heavy atom. The summed E-state index contributed by atoms with van der Waals surface area (Å²) < 4.78 is 19.3. The summed E-state index contributed by atoms with van der Waals surface area (Å²) in [6.45, 7) is 0. The maximum atomic E-state index is 14.3. The van der Waals surface area contributed by atoms with Crippen molar-refractivity contribution < 1.29 is 9.13 Å². The van der Waals surface area contributed by atoms with Gasteiger partial charge in [0.2, 0.25) is 0 Å². The smallest absolute Gasteiger partial charge is 0.170 e. The molecule has 0 aliphatic carbocycles. The quantitative estimate of drug-likeness (QED) is 0.505. The van der Waals surface area contributed by atoms with Crippen molar-refractivity contribution in [3.63, 3.8) is 0 Å². The second-order valence-electron chi connectivity index (χ2n) is 4.24. The van der Waals surface area contributed by atoms with Crippen molar-refractivity contribution in [2.24, 2.45) is 5.84 Å². The molecule has 0 aliphatic heterocycles. The molecule has 3 nitrogen and oxygen atoms in total. The topological polar surface area (TPSA) is 47.3 Å². The van der Waals surface area contributed by atoms with Gasteiger partial charge in [-0.3, -0.25) is 5.84 Å². The van der Waals surface area contributed by atoms with Crippen LogP contribution in [0.15, 0.2) is 47.4 Å². The number of rotatable bonds is 5. The first-order chi connectivity index (χ1) is 9.71. The number of ether oxygens (including phenoxy) is 1. The Hall–Kier alpha value is -1.56. The van der Waals surface area contributed by atoms with E-state index in [4.69, 9.17) is 10.6 Å². The third-order valence-electron chi connectivity index (χ3n) is 3.14. The molecule has 0 amide bonds. The summed E-state index contributed by atoms with van der Waals surface area (Å²) >= 11 is 1.66. The Labute approximate surface area is 122 Å². The van der Waals surface area contributed by atoms with Crippen LogP contribution in [0.25, 0.3) is 0 Å². The normalized spacial score (nSPS) is 12.2. The largest absolute Gasteiger partial charge is 0.494 e. The van der Waals surface area contributed by atoms with Crippen molar-refractivity contribution in [1.29, 1.82) is 0 Å². The summed E-state index contributed by atoms with van der Waals surface area (Å²) in [7, 11) is 1.44. The van der Waals surface area contributed by atoms with E-state index in [1.165, 1.54) is 7.11 Å². The number of benzene rings is 2. The fourth-order valence-corrected chi connectivity index (χ4v) is 2.48. The van der Waals surface area contributed by atoms with Crippen molar-refractivity contribution in [2.45, 2.75) is 10.9 Å². The van der Waals surface area contributed by atoms with E-state index >= 15 is 0 Å². The van der Waals surface area contributed by atoms with Crippen LogP contribution >= 0.6 is 11.8 Å². The molecule has 0 aromatic heterocycles. The van der Waals surface area contributed by atoms with E-state index in [9.17, 15) is 4.39 Å². The summed E-state index contributed by atoms with van der Waals surface area (Å²) in [5.41, 5.74) is 4.02. The van der Waals surface area contributed by atoms with E-state index in [0.29, 0.717) is 5.56 Å². The molecule has 2 aromatic carbocycles. The zero-order valence-electron chi connectivity index (χ0n) is 11.4. The van der Waals surface area contributed by atoms with E-state index in [1.54, 1.807) is 30.0 Å². The Morgan fingerprint density at radius 2 is 1.90 bits per heavy atom. The number of hydrogen-bond donors (Lipinski definition) is 2. The molecule has 0 heterocycles. The van der Waals surface area contributed by atoms with Gasteiger partial charge in [0.15, 0.2) is 11.6 Å². The van der Waals surface area contributed by atoms with Crippen LogP contribution in [0.2, 0.25) is 0 Å². The van der Waals surface area contributed by atoms with Crippen molar-refractivity contribution >= 4 is 11.8 Å². The Morgan fingerprint density at radius 3 is 2.45 bits per heavy atom. The lowest BCUT2D eigenvalue weighted by Crippen LogP contribution is -2.29. The van der Waals surface area contributed by atoms with Crippen molar-refractivity contribution in [3.05, 3.63) is 59.4 Å². The van der Waals surface area contributed by atoms with E-state index in [0.717, 1.165) is 10.5 Å². The molecule has 2 rings (SSSR count). The maximum absolute atomic E-state index is 14.3. The summed E-state index contributed by atoms with van der Waals surface area (Å²) in [4.78, 5) is 1.15. The maximum Gasteiger partial charge on any atom is 0.170 e. The molecule has 0 bridgehead atoms. The molecule has 0 spiro atoms. The van der Waals surface area contributed by atoms with Crippen molar-refractivity contribution in [2.75, 3.05) is 13.4 Å². The van der Waals surface area contributed by atoms with E-state index < -0.39 is 11.9 Å². The molecular weight excluding hydrogens is 275 g/mol. The summed E-state index contributed by atoms with van der Waals surface area (Å²) in [6, 6.07) is 12.5. The molecule has 106 valence electrons. The van der Waals surface area contributed by atoms with Crippen LogP contribution in [-0.2, 0) is 0 Å². The van der Waals surface area contributed by atoms with Gasteiger partial charge in [0.25, 0.3) is 0 Å². The van der Waals surface area contributed by atoms with Crippen LogP contribution in [0.4, 0.5) is 4.39 Å². The Kier molecular flexibility index (Phi) is 5.00. The number of methoxy groups -OCH3 is 1. The molecule has 0 aliphatic rings. The molecule has 0 fully saturated rings. The van der Waals surface area contributed by atoms with E-state index in [1.807, 2.05) is 30.5 Å². The van der Waals surface area contributed by atoms with Crippen LogP contribution in [0.3, 0.4) is 0 Å². The fraction of sp³-hybridized carbons (Fsp3) is 0.200. The molecule has 1 atom stereocenters. The number of hydrogen-bond acceptors (Lipinski definition) is 4. The third kappa shape index (κ3) is 2.95. The van der Waals surface area contributed by atoms with Gasteiger partial charge < -0.3 is 4.74 Å². The lowest BCUT2D eigenvalue weighted by molar-refractivity contribution is 0.381. The molecule has 2 aromatic rings. The first kappa shape index (κ1) is 14.8. The first-order valence-corrected chi connectivity index (χ1v) is 7.36.